The molecule has 1 saturated heterocycles. The molecule has 1 heterocycles. The summed E-state index contributed by atoms with van der Waals surface area (Å²) in [6.45, 7) is 1.00. The first kappa shape index (κ1) is 15.7. The van der Waals surface area contributed by atoms with Crippen LogP contribution in [0.2, 0.25) is 0 Å². The van der Waals surface area contributed by atoms with Crippen LogP contribution < -0.4 is 0 Å². The third-order valence-corrected chi connectivity index (χ3v) is 6.67. The number of hydrogen-bond donors (Lipinski definition) is 1. The Morgan fingerprint density at radius 2 is 2.00 bits per heavy atom. The van der Waals surface area contributed by atoms with Gasteiger partial charge in [-0.15, -0.1) is 0 Å². The fraction of sp³-hybridized carbons (Fsp3) is 0.923. The predicted molar refractivity (Wildman–Crippen MR) is 73.9 cm³/mol. The van der Waals surface area contributed by atoms with Crippen molar-refractivity contribution in [2.24, 2.45) is 5.92 Å². The van der Waals surface area contributed by atoms with Gasteiger partial charge in [0.15, 0.2) is 0 Å². The highest BCUT2D eigenvalue weighted by atomic mass is 32.2. The number of carbonyl (C=O) groups is 1. The van der Waals surface area contributed by atoms with Crippen molar-refractivity contribution in [3.63, 3.8) is 0 Å². The van der Waals surface area contributed by atoms with Gasteiger partial charge in [-0.25, -0.2) is 12.7 Å². The highest BCUT2D eigenvalue weighted by molar-refractivity contribution is 7.89. The molecule has 0 aromatic rings. The summed E-state index contributed by atoms with van der Waals surface area (Å²) in [6.07, 6.45) is 4.44. The van der Waals surface area contributed by atoms with Crippen LogP contribution in [0.5, 0.6) is 0 Å². The van der Waals surface area contributed by atoms with Gasteiger partial charge in [0.05, 0.1) is 17.3 Å². The van der Waals surface area contributed by atoms with Gasteiger partial charge in [-0.3, -0.25) is 4.79 Å². The van der Waals surface area contributed by atoms with Gasteiger partial charge < -0.3 is 9.84 Å². The lowest BCUT2D eigenvalue weighted by molar-refractivity contribution is -0.141. The van der Waals surface area contributed by atoms with Crippen LogP contribution in [0.3, 0.4) is 0 Å². The average molecular weight is 305 g/mol. The second-order valence-corrected chi connectivity index (χ2v) is 7.99. The average Bonchev–Trinajstić information content (AvgIpc) is 2.89. The molecule has 2 rings (SSSR count). The minimum atomic E-state index is -3.56. The maximum Gasteiger partial charge on any atom is 0.307 e. The van der Waals surface area contributed by atoms with Crippen molar-refractivity contribution in [1.29, 1.82) is 0 Å². The van der Waals surface area contributed by atoms with Gasteiger partial charge >= 0.3 is 5.97 Å². The zero-order valence-corrected chi connectivity index (χ0v) is 12.6. The van der Waals surface area contributed by atoms with Gasteiger partial charge in [-0.2, -0.15) is 0 Å². The quantitative estimate of drug-likeness (QED) is 0.821. The third-order valence-electron chi connectivity index (χ3n) is 4.32. The second-order valence-electron chi connectivity index (χ2n) is 5.73. The van der Waals surface area contributed by atoms with Crippen LogP contribution in [0.15, 0.2) is 0 Å². The Morgan fingerprint density at radius 1 is 1.25 bits per heavy atom. The van der Waals surface area contributed by atoms with Gasteiger partial charge in [0.1, 0.15) is 0 Å². The summed E-state index contributed by atoms with van der Waals surface area (Å²) in [5, 5.41) is 8.36. The summed E-state index contributed by atoms with van der Waals surface area (Å²) in [4.78, 5) is 11.2. The smallest absolute Gasteiger partial charge is 0.307 e. The van der Waals surface area contributed by atoms with Crippen molar-refractivity contribution < 1.29 is 23.1 Å². The molecule has 3 unspecified atom stereocenters. The Kier molecular flexibility index (Phi) is 5.04. The maximum absolute atomic E-state index is 12.5. The maximum atomic E-state index is 12.5. The molecule has 0 spiro atoms. The van der Waals surface area contributed by atoms with Crippen LogP contribution in [0.4, 0.5) is 0 Å². The predicted octanol–water partition coefficient (Wildman–Crippen LogP) is 1.07. The van der Waals surface area contributed by atoms with Crippen LogP contribution in [0.25, 0.3) is 0 Å². The number of carboxylic acids is 1. The zero-order valence-electron chi connectivity index (χ0n) is 11.8. The van der Waals surface area contributed by atoms with E-state index in [4.69, 9.17) is 9.84 Å². The number of ether oxygens (including phenoxy) is 1. The monoisotopic (exact) mass is 305 g/mol. The third kappa shape index (κ3) is 3.32. The topological polar surface area (TPSA) is 83.9 Å². The number of carboxylic acid groups (broad SMARTS) is 1. The van der Waals surface area contributed by atoms with E-state index in [0.717, 1.165) is 19.3 Å². The molecule has 1 aliphatic heterocycles. The van der Waals surface area contributed by atoms with Crippen molar-refractivity contribution in [3.8, 4) is 0 Å². The van der Waals surface area contributed by atoms with E-state index in [2.05, 4.69) is 0 Å². The summed E-state index contributed by atoms with van der Waals surface area (Å²) in [5.41, 5.74) is 0. The molecule has 1 N–H and O–H groups in total. The molecule has 2 fully saturated rings. The minimum Gasteiger partial charge on any atom is -0.481 e. The van der Waals surface area contributed by atoms with Crippen LogP contribution >= 0.6 is 0 Å². The number of aliphatic carboxylic acids is 1. The number of nitrogens with zero attached hydrogens (tertiary/aromatic N) is 1. The van der Waals surface area contributed by atoms with E-state index in [1.54, 1.807) is 0 Å². The van der Waals surface area contributed by atoms with Crippen molar-refractivity contribution >= 4 is 16.0 Å². The van der Waals surface area contributed by atoms with Crippen molar-refractivity contribution in [1.82, 2.24) is 4.31 Å². The normalized spacial score (nSPS) is 31.6. The molecule has 0 aromatic heterocycles. The van der Waals surface area contributed by atoms with Gasteiger partial charge in [0.25, 0.3) is 0 Å². The Labute approximate surface area is 120 Å². The molecule has 2 aliphatic rings. The summed E-state index contributed by atoms with van der Waals surface area (Å²) >= 11 is 0. The van der Waals surface area contributed by atoms with Crippen molar-refractivity contribution in [3.05, 3.63) is 0 Å². The molecule has 7 heteroatoms. The van der Waals surface area contributed by atoms with Crippen LogP contribution in [-0.2, 0) is 19.6 Å². The van der Waals surface area contributed by atoms with Crippen LogP contribution in [-0.4, -0.2) is 55.4 Å². The Balaban J connectivity index is 2.02. The summed E-state index contributed by atoms with van der Waals surface area (Å²) in [7, 11) is -2.03. The van der Waals surface area contributed by atoms with Crippen molar-refractivity contribution in [2.75, 3.05) is 20.2 Å². The zero-order chi connectivity index (χ0) is 14.8. The van der Waals surface area contributed by atoms with E-state index in [0.29, 0.717) is 32.4 Å². The van der Waals surface area contributed by atoms with E-state index in [-0.39, 0.29) is 6.10 Å². The lowest BCUT2D eigenvalue weighted by Crippen LogP contribution is -2.44. The first-order valence-corrected chi connectivity index (χ1v) is 8.73. The van der Waals surface area contributed by atoms with Crippen LogP contribution in [0, 0.1) is 5.92 Å². The first-order chi connectivity index (χ1) is 9.43. The Morgan fingerprint density at radius 3 is 2.60 bits per heavy atom. The summed E-state index contributed by atoms with van der Waals surface area (Å²) in [5.74, 6) is -1.77. The lowest BCUT2D eigenvalue weighted by atomic mass is 10.1. The highest BCUT2D eigenvalue weighted by Gasteiger charge is 2.43. The molecule has 20 heavy (non-hydrogen) atoms. The van der Waals surface area contributed by atoms with Gasteiger partial charge in [0.2, 0.25) is 10.0 Å². The van der Waals surface area contributed by atoms with E-state index in [1.165, 1.54) is 11.4 Å². The molecule has 0 amide bonds. The molecule has 0 aromatic carbocycles. The van der Waals surface area contributed by atoms with Crippen LogP contribution in [0.1, 0.15) is 38.5 Å². The van der Waals surface area contributed by atoms with E-state index < -0.39 is 27.2 Å². The van der Waals surface area contributed by atoms with E-state index in [9.17, 15) is 13.2 Å². The van der Waals surface area contributed by atoms with Crippen molar-refractivity contribution in [2.45, 2.75) is 49.9 Å². The molecule has 3 atom stereocenters. The highest BCUT2D eigenvalue weighted by Crippen LogP contribution is 2.33. The Hall–Kier alpha value is -0.660. The SMILES string of the molecule is CN(CC1CCCCO1)S(=O)(=O)C1CCCC1C(=O)O. The van der Waals surface area contributed by atoms with E-state index >= 15 is 0 Å². The summed E-state index contributed by atoms with van der Waals surface area (Å²) in [6, 6.07) is 0. The molecule has 0 radical (unpaired) electrons. The molecule has 116 valence electrons. The fourth-order valence-corrected chi connectivity index (χ4v) is 5.11. The molecular formula is C13H23NO5S. The number of hydrogen-bond acceptors (Lipinski definition) is 4. The first-order valence-electron chi connectivity index (χ1n) is 7.22. The summed E-state index contributed by atoms with van der Waals surface area (Å²) < 4.78 is 31.9. The Bertz CT molecular complexity index is 444. The largest absolute Gasteiger partial charge is 0.481 e. The van der Waals surface area contributed by atoms with Gasteiger partial charge in [0, 0.05) is 20.2 Å². The van der Waals surface area contributed by atoms with Gasteiger partial charge in [-0.05, 0) is 32.1 Å². The number of rotatable bonds is 5. The second kappa shape index (κ2) is 6.41. The molecule has 0 bridgehead atoms. The number of sulfonamides is 1. The number of likely N-dealkylation sites (N-methyl/N-ethyl adjacent to an activating group) is 1. The van der Waals surface area contributed by atoms with Gasteiger partial charge in [-0.1, -0.05) is 6.42 Å². The minimum absolute atomic E-state index is 0.0618. The molecule has 6 nitrogen and oxygen atoms in total. The molecule has 1 aliphatic carbocycles. The molecular weight excluding hydrogens is 282 g/mol. The van der Waals surface area contributed by atoms with E-state index in [1.807, 2.05) is 0 Å². The lowest BCUT2D eigenvalue weighted by Gasteiger charge is -2.29. The fourth-order valence-electron chi connectivity index (χ4n) is 3.14. The standard InChI is InChI=1S/C13H23NO5S/c1-14(9-10-5-2-3-8-19-10)20(17,18)12-7-4-6-11(12)13(15)16/h10-12H,2-9H2,1H3,(H,15,16). The molecule has 1 saturated carbocycles.